The number of nitrogens with one attached hydrogen (secondary N) is 1. The van der Waals surface area contributed by atoms with Crippen LogP contribution in [0.1, 0.15) is 37.0 Å². The minimum Gasteiger partial charge on any atom is -0.493 e. The zero-order chi connectivity index (χ0) is 25.9. The summed E-state index contributed by atoms with van der Waals surface area (Å²) < 4.78 is 11.2. The molecular weight excluding hydrogens is 452 g/mol. The van der Waals surface area contributed by atoms with Crippen molar-refractivity contribution in [2.45, 2.75) is 52.2 Å². The van der Waals surface area contributed by atoms with E-state index >= 15 is 0 Å². The van der Waals surface area contributed by atoms with Crippen LogP contribution in [-0.2, 0) is 22.6 Å². The predicted octanol–water partition coefficient (Wildman–Crippen LogP) is 4.94. The molecule has 0 aromatic heterocycles. The molecule has 0 spiro atoms. The molecule has 1 N–H and O–H groups in total. The largest absolute Gasteiger partial charge is 0.493 e. The second kappa shape index (κ2) is 13.3. The number of carbonyl (C=O) groups excluding carboxylic acids is 2. The van der Waals surface area contributed by atoms with Gasteiger partial charge in [-0.25, -0.2) is 0 Å². The van der Waals surface area contributed by atoms with Crippen LogP contribution in [0, 0.1) is 6.92 Å². The molecule has 0 bridgehead atoms. The van der Waals surface area contributed by atoms with Gasteiger partial charge in [0.1, 0.15) is 6.04 Å². The third kappa shape index (κ3) is 7.60. The molecule has 36 heavy (non-hydrogen) atoms. The van der Waals surface area contributed by atoms with Crippen molar-refractivity contribution in [2.24, 2.45) is 0 Å². The molecule has 0 aliphatic heterocycles. The molecule has 0 saturated heterocycles. The van der Waals surface area contributed by atoms with E-state index in [4.69, 9.17) is 9.47 Å². The molecule has 0 unspecified atom stereocenters. The molecule has 0 aliphatic carbocycles. The van der Waals surface area contributed by atoms with Crippen molar-refractivity contribution >= 4 is 11.8 Å². The Balaban J connectivity index is 1.92. The molecule has 0 radical (unpaired) electrons. The number of hydrogen-bond donors (Lipinski definition) is 1. The summed E-state index contributed by atoms with van der Waals surface area (Å²) >= 11 is 0. The molecular formula is C30H36N2O4. The van der Waals surface area contributed by atoms with Crippen LogP contribution < -0.4 is 14.8 Å². The van der Waals surface area contributed by atoms with E-state index < -0.39 is 6.04 Å². The zero-order valence-electron chi connectivity index (χ0n) is 21.6. The van der Waals surface area contributed by atoms with Gasteiger partial charge in [-0.2, -0.15) is 0 Å². The van der Waals surface area contributed by atoms with E-state index in [1.807, 2.05) is 87.5 Å². The number of methoxy groups -OCH3 is 1. The Morgan fingerprint density at radius 2 is 1.53 bits per heavy atom. The Morgan fingerprint density at radius 3 is 2.17 bits per heavy atom. The molecule has 0 fully saturated rings. The van der Waals surface area contributed by atoms with Crippen LogP contribution in [0.4, 0.5) is 0 Å². The van der Waals surface area contributed by atoms with Crippen molar-refractivity contribution in [1.29, 1.82) is 0 Å². The van der Waals surface area contributed by atoms with Gasteiger partial charge in [-0.1, -0.05) is 79.2 Å². The summed E-state index contributed by atoms with van der Waals surface area (Å²) in [5.41, 5.74) is 3.06. The van der Waals surface area contributed by atoms with Gasteiger partial charge in [-0.15, -0.1) is 0 Å². The van der Waals surface area contributed by atoms with E-state index in [0.29, 0.717) is 24.5 Å². The topological polar surface area (TPSA) is 67.9 Å². The lowest BCUT2D eigenvalue weighted by atomic mass is 10.0. The van der Waals surface area contributed by atoms with Crippen molar-refractivity contribution in [3.8, 4) is 11.5 Å². The minimum absolute atomic E-state index is 0.00284. The highest BCUT2D eigenvalue weighted by molar-refractivity contribution is 5.88. The number of aryl methyl sites for hydroxylation is 1. The SMILES string of the molecule is CC[C@@H](C)NC(=O)[C@H](Cc1ccccc1)N(Cc1ccc(C)cc1)C(=O)COc1ccccc1OC. The van der Waals surface area contributed by atoms with E-state index in [0.717, 1.165) is 23.1 Å². The molecule has 3 aromatic carbocycles. The summed E-state index contributed by atoms with van der Waals surface area (Å²) in [5, 5.41) is 3.08. The summed E-state index contributed by atoms with van der Waals surface area (Å²) in [6, 6.07) is 24.3. The summed E-state index contributed by atoms with van der Waals surface area (Å²) in [4.78, 5) is 28.8. The van der Waals surface area contributed by atoms with E-state index in [9.17, 15) is 9.59 Å². The first-order chi connectivity index (χ1) is 17.4. The molecule has 3 aromatic rings. The minimum atomic E-state index is -0.698. The third-order valence-electron chi connectivity index (χ3n) is 6.17. The first-order valence-electron chi connectivity index (χ1n) is 12.4. The van der Waals surface area contributed by atoms with Crippen LogP contribution in [0.25, 0.3) is 0 Å². The van der Waals surface area contributed by atoms with Gasteiger partial charge in [0.2, 0.25) is 5.91 Å². The van der Waals surface area contributed by atoms with Crippen molar-refractivity contribution in [2.75, 3.05) is 13.7 Å². The van der Waals surface area contributed by atoms with Crippen LogP contribution in [0.5, 0.6) is 11.5 Å². The Labute approximate surface area is 214 Å². The van der Waals surface area contributed by atoms with Crippen molar-refractivity contribution in [3.63, 3.8) is 0 Å². The van der Waals surface area contributed by atoms with Crippen LogP contribution in [0.2, 0.25) is 0 Å². The Morgan fingerprint density at radius 1 is 0.889 bits per heavy atom. The van der Waals surface area contributed by atoms with E-state index in [1.54, 1.807) is 24.1 Å². The van der Waals surface area contributed by atoms with Gasteiger partial charge in [0.05, 0.1) is 7.11 Å². The fourth-order valence-corrected chi connectivity index (χ4v) is 3.85. The highest BCUT2D eigenvalue weighted by Crippen LogP contribution is 2.26. The summed E-state index contributed by atoms with van der Waals surface area (Å²) in [6.45, 7) is 6.08. The standard InChI is InChI=1S/C30H36N2O4/c1-5-23(3)31-30(34)26(19-24-11-7-6-8-12-24)32(20-25-17-15-22(2)16-18-25)29(33)21-36-28-14-10-9-13-27(28)35-4/h6-18,23,26H,5,19-21H2,1-4H3,(H,31,34)/t23-,26+/m1/s1. The lowest BCUT2D eigenvalue weighted by molar-refractivity contribution is -0.143. The molecule has 0 heterocycles. The number of para-hydroxylation sites is 2. The van der Waals surface area contributed by atoms with Gasteiger partial charge < -0.3 is 19.7 Å². The molecule has 190 valence electrons. The van der Waals surface area contributed by atoms with Crippen molar-refractivity contribution in [3.05, 3.63) is 95.6 Å². The molecule has 6 heteroatoms. The number of nitrogens with zero attached hydrogens (tertiary/aromatic N) is 1. The monoisotopic (exact) mass is 488 g/mol. The van der Waals surface area contributed by atoms with Gasteiger partial charge in [0.15, 0.2) is 18.1 Å². The van der Waals surface area contributed by atoms with Crippen LogP contribution >= 0.6 is 0 Å². The Kier molecular flexibility index (Phi) is 9.92. The molecule has 2 atom stereocenters. The number of amides is 2. The maximum Gasteiger partial charge on any atom is 0.261 e. The van der Waals surface area contributed by atoms with Gasteiger partial charge in [-0.05, 0) is 43.5 Å². The molecule has 3 rings (SSSR count). The number of hydrogen-bond acceptors (Lipinski definition) is 4. The van der Waals surface area contributed by atoms with Gasteiger partial charge in [0, 0.05) is 19.0 Å². The number of rotatable bonds is 12. The second-order valence-electron chi connectivity index (χ2n) is 8.97. The number of benzene rings is 3. The average molecular weight is 489 g/mol. The van der Waals surface area contributed by atoms with E-state index in [-0.39, 0.29) is 24.5 Å². The zero-order valence-corrected chi connectivity index (χ0v) is 21.6. The fraction of sp³-hybridized carbons (Fsp3) is 0.333. The van der Waals surface area contributed by atoms with Gasteiger partial charge in [-0.3, -0.25) is 9.59 Å². The van der Waals surface area contributed by atoms with Gasteiger partial charge in [0.25, 0.3) is 5.91 Å². The smallest absolute Gasteiger partial charge is 0.261 e. The lowest BCUT2D eigenvalue weighted by Gasteiger charge is -2.32. The highest BCUT2D eigenvalue weighted by atomic mass is 16.5. The first kappa shape index (κ1) is 26.8. The van der Waals surface area contributed by atoms with Crippen molar-refractivity contribution in [1.82, 2.24) is 10.2 Å². The first-order valence-corrected chi connectivity index (χ1v) is 12.4. The highest BCUT2D eigenvalue weighted by Gasteiger charge is 2.31. The molecule has 0 saturated carbocycles. The van der Waals surface area contributed by atoms with Crippen LogP contribution in [-0.4, -0.2) is 42.5 Å². The third-order valence-corrected chi connectivity index (χ3v) is 6.17. The molecule has 2 amide bonds. The second-order valence-corrected chi connectivity index (χ2v) is 8.97. The molecule has 6 nitrogen and oxygen atoms in total. The van der Waals surface area contributed by atoms with Crippen molar-refractivity contribution < 1.29 is 19.1 Å². The van der Waals surface area contributed by atoms with Crippen LogP contribution in [0.3, 0.4) is 0 Å². The number of ether oxygens (including phenoxy) is 2. The maximum atomic E-state index is 13.7. The Hall–Kier alpha value is -3.80. The van der Waals surface area contributed by atoms with Gasteiger partial charge >= 0.3 is 0 Å². The average Bonchev–Trinajstić information content (AvgIpc) is 2.90. The van der Waals surface area contributed by atoms with E-state index in [2.05, 4.69) is 5.32 Å². The maximum absolute atomic E-state index is 13.7. The summed E-state index contributed by atoms with van der Waals surface area (Å²) in [7, 11) is 1.56. The summed E-state index contributed by atoms with van der Waals surface area (Å²) in [6.07, 6.45) is 1.20. The predicted molar refractivity (Wildman–Crippen MR) is 142 cm³/mol. The van der Waals surface area contributed by atoms with E-state index in [1.165, 1.54) is 0 Å². The number of carbonyl (C=O) groups is 2. The molecule has 0 aliphatic rings. The van der Waals surface area contributed by atoms with Crippen LogP contribution in [0.15, 0.2) is 78.9 Å². The lowest BCUT2D eigenvalue weighted by Crippen LogP contribution is -2.53. The fourth-order valence-electron chi connectivity index (χ4n) is 3.85. The Bertz CT molecular complexity index is 1120. The summed E-state index contributed by atoms with van der Waals surface area (Å²) in [5.74, 6) is 0.575. The quantitative estimate of drug-likeness (QED) is 0.392. The normalized spacial score (nSPS) is 12.3.